The molecule has 0 amide bonds. The molecule has 0 N–H and O–H groups in total. The molecule has 1 aliphatic heterocycles. The van der Waals surface area contributed by atoms with Crippen LogP contribution in [-0.2, 0) is 5.41 Å². The third kappa shape index (κ3) is 2.51. The number of aliphatic imine (C=N–C) groups is 1. The Bertz CT molecular complexity index is 414. The molecule has 94 valence electrons. The molecule has 0 saturated carbocycles. The number of benzene rings is 1. The summed E-state index contributed by atoms with van der Waals surface area (Å²) in [6.07, 6.45) is -4.91. The van der Waals surface area contributed by atoms with Crippen LogP contribution in [0.4, 0.5) is 13.2 Å². The highest BCUT2D eigenvalue weighted by Gasteiger charge is 2.56. The molecule has 1 nitrogen and oxygen atoms in total. The lowest BCUT2D eigenvalue weighted by atomic mass is 9.79. The van der Waals surface area contributed by atoms with Crippen molar-refractivity contribution in [1.82, 2.24) is 0 Å². The van der Waals surface area contributed by atoms with Crippen molar-refractivity contribution >= 4 is 6.19 Å². The van der Waals surface area contributed by atoms with Crippen LogP contribution in [0.2, 0.25) is 0 Å². The highest BCUT2D eigenvalue weighted by atomic mass is 19.4. The highest BCUT2D eigenvalue weighted by Crippen LogP contribution is 2.45. The van der Waals surface area contributed by atoms with Gasteiger partial charge < -0.3 is 0 Å². The zero-order valence-electron chi connectivity index (χ0n) is 10.9. The van der Waals surface area contributed by atoms with E-state index in [-0.39, 0.29) is 24.7 Å². The van der Waals surface area contributed by atoms with E-state index in [1.807, 2.05) is 13.8 Å². The molecule has 2 rings (SSSR count). The fourth-order valence-corrected chi connectivity index (χ4v) is 1.74. The van der Waals surface area contributed by atoms with Crippen molar-refractivity contribution < 1.29 is 14.5 Å². The summed E-state index contributed by atoms with van der Waals surface area (Å²) in [6.45, 7) is 3.62. The Morgan fingerprint density at radius 2 is 1.82 bits per heavy atom. The van der Waals surface area contributed by atoms with Gasteiger partial charge in [-0.25, -0.2) is 0 Å². The molecule has 0 bridgehead atoms. The zero-order chi connectivity index (χ0) is 13.8. The van der Waals surface area contributed by atoms with E-state index in [4.69, 9.17) is 1.37 Å². The highest BCUT2D eigenvalue weighted by molar-refractivity contribution is 5.64. The molecule has 0 radical (unpaired) electrons. The van der Waals surface area contributed by atoms with E-state index < -0.39 is 11.6 Å². The van der Waals surface area contributed by atoms with E-state index in [2.05, 4.69) is 4.99 Å². The largest absolute Gasteiger partial charge is 0.400 e. The first kappa shape index (κ1) is 12.1. The van der Waals surface area contributed by atoms with Crippen molar-refractivity contribution in [3.8, 4) is 0 Å². The number of nitrogens with zero attached hydrogens (tertiary/aromatic N) is 1. The summed E-state index contributed by atoms with van der Waals surface area (Å²) in [5, 5.41) is 0. The molecule has 0 aliphatic carbocycles. The minimum Gasteiger partial charge on any atom is -0.296 e. The number of rotatable bonds is 1. The van der Waals surface area contributed by atoms with Crippen LogP contribution in [0.5, 0.6) is 0 Å². The quantitative estimate of drug-likeness (QED) is 0.709. The van der Waals surface area contributed by atoms with Crippen molar-refractivity contribution in [3.05, 3.63) is 35.9 Å². The van der Waals surface area contributed by atoms with Gasteiger partial charge in [-0.2, -0.15) is 13.2 Å². The number of alkyl halides is 3. The number of halogens is 3. The van der Waals surface area contributed by atoms with Crippen molar-refractivity contribution in [2.45, 2.75) is 31.9 Å². The lowest BCUT2D eigenvalue weighted by Crippen LogP contribution is -2.43. The molecular weight excluding hydrogens is 227 g/mol. The Morgan fingerprint density at radius 1 is 1.24 bits per heavy atom. The molecule has 0 aromatic heterocycles. The van der Waals surface area contributed by atoms with Crippen molar-refractivity contribution in [2.75, 3.05) is 6.54 Å². The van der Waals surface area contributed by atoms with Gasteiger partial charge in [0, 0.05) is 12.6 Å². The molecule has 1 atom stereocenters. The Labute approximate surface area is 101 Å². The minimum absolute atomic E-state index is 0.179. The fourth-order valence-electron chi connectivity index (χ4n) is 1.74. The first-order valence-electron chi connectivity index (χ1n) is 6.08. The van der Waals surface area contributed by atoms with Gasteiger partial charge in [0.2, 0.25) is 0 Å². The summed E-state index contributed by atoms with van der Waals surface area (Å²) in [5.74, 6) is 0. The third-order valence-corrected chi connectivity index (χ3v) is 2.71. The van der Waals surface area contributed by atoms with E-state index in [0.29, 0.717) is 0 Å². The van der Waals surface area contributed by atoms with Gasteiger partial charge in [-0.1, -0.05) is 44.2 Å². The van der Waals surface area contributed by atoms with Crippen LogP contribution in [0, 0.1) is 0 Å². The summed E-state index contributed by atoms with van der Waals surface area (Å²) < 4.78 is 46.6. The van der Waals surface area contributed by atoms with Crippen LogP contribution in [0.15, 0.2) is 35.3 Å². The van der Waals surface area contributed by atoms with Crippen molar-refractivity contribution in [2.24, 2.45) is 4.99 Å². The van der Waals surface area contributed by atoms with Gasteiger partial charge >= 0.3 is 6.18 Å². The molecule has 1 aromatic carbocycles. The Balaban J connectivity index is 0.000000771. The molecule has 17 heavy (non-hydrogen) atoms. The van der Waals surface area contributed by atoms with Gasteiger partial charge in [-0.05, 0) is 5.56 Å². The minimum atomic E-state index is -4.37. The summed E-state index contributed by atoms with van der Waals surface area (Å²) in [7, 11) is 0. The van der Waals surface area contributed by atoms with Crippen LogP contribution < -0.4 is 0 Å². The predicted octanol–water partition coefficient (Wildman–Crippen LogP) is 3.99. The SMILES string of the molecule is CC.[3H]C1=NCC(c2ccccc2)(C(F)(F)F)C1. The lowest BCUT2D eigenvalue weighted by Gasteiger charge is -2.30. The van der Waals surface area contributed by atoms with Gasteiger partial charge in [0.1, 0.15) is 5.41 Å². The van der Waals surface area contributed by atoms with E-state index in [1.54, 1.807) is 18.2 Å². The van der Waals surface area contributed by atoms with Gasteiger partial charge in [0.15, 0.2) is 0 Å². The van der Waals surface area contributed by atoms with Gasteiger partial charge in [-0.15, -0.1) is 0 Å². The summed E-state index contributed by atoms with van der Waals surface area (Å²) in [6, 6.07) is 7.71. The Kier molecular flexibility index (Phi) is 3.82. The van der Waals surface area contributed by atoms with Gasteiger partial charge in [0.25, 0.3) is 0 Å². The smallest absolute Gasteiger partial charge is 0.296 e. The summed E-state index contributed by atoms with van der Waals surface area (Å²) in [5.41, 5.74) is -1.81. The molecule has 1 aromatic rings. The van der Waals surface area contributed by atoms with Crippen molar-refractivity contribution in [3.63, 3.8) is 0 Å². The first-order valence-corrected chi connectivity index (χ1v) is 5.58. The van der Waals surface area contributed by atoms with E-state index in [0.717, 1.165) is 0 Å². The maximum Gasteiger partial charge on any atom is 0.400 e. The summed E-state index contributed by atoms with van der Waals surface area (Å²) >= 11 is 0. The van der Waals surface area contributed by atoms with Crippen molar-refractivity contribution in [1.29, 1.82) is 0 Å². The average Bonchev–Trinajstić information content (AvgIpc) is 2.76. The molecule has 1 unspecified atom stereocenters. The van der Waals surface area contributed by atoms with E-state index in [9.17, 15) is 13.2 Å². The van der Waals surface area contributed by atoms with Crippen LogP contribution in [0.25, 0.3) is 0 Å². The predicted molar refractivity (Wildman–Crippen MR) is 63.5 cm³/mol. The maximum atomic E-state index is 13.1. The molecular formula is C13H16F3N. The van der Waals surface area contributed by atoms with Crippen LogP contribution in [-0.4, -0.2) is 18.9 Å². The second-order valence-corrected chi connectivity index (χ2v) is 3.60. The summed E-state index contributed by atoms with van der Waals surface area (Å²) in [4.78, 5) is 3.60. The van der Waals surface area contributed by atoms with Crippen LogP contribution in [0.3, 0.4) is 0 Å². The maximum absolute atomic E-state index is 13.1. The van der Waals surface area contributed by atoms with E-state index >= 15 is 0 Å². The van der Waals surface area contributed by atoms with Gasteiger partial charge in [-0.3, -0.25) is 4.99 Å². The van der Waals surface area contributed by atoms with Crippen LogP contribution >= 0.6 is 0 Å². The zero-order valence-corrected chi connectivity index (χ0v) is 9.88. The molecule has 4 heteroatoms. The lowest BCUT2D eigenvalue weighted by molar-refractivity contribution is -0.183. The Hall–Kier alpha value is -1.32. The third-order valence-electron chi connectivity index (χ3n) is 2.71. The molecule has 0 saturated heterocycles. The number of hydrogen-bond acceptors (Lipinski definition) is 1. The fraction of sp³-hybridized carbons (Fsp3) is 0.462. The van der Waals surface area contributed by atoms with Crippen LogP contribution in [0.1, 0.15) is 27.2 Å². The second-order valence-electron chi connectivity index (χ2n) is 3.60. The monoisotopic (exact) mass is 245 g/mol. The molecule has 1 heterocycles. The van der Waals surface area contributed by atoms with E-state index in [1.165, 1.54) is 12.1 Å². The van der Waals surface area contributed by atoms with Gasteiger partial charge in [0.05, 0.1) is 7.92 Å². The standard InChI is InChI=1S/C11H10F3N.C2H6/c12-11(13,14)10(6-7-15-8-10)9-4-2-1-3-5-9;1-2/h1-5,7H,6,8H2;1-2H3/i7T;. The first-order chi connectivity index (χ1) is 8.46. The Morgan fingerprint density at radius 3 is 2.24 bits per heavy atom. The average molecular weight is 245 g/mol. The second kappa shape index (κ2) is 5.34. The normalized spacial score (nSPS) is 24.5. The molecule has 0 fully saturated rings. The number of hydrogen-bond donors (Lipinski definition) is 0. The molecule has 0 spiro atoms. The topological polar surface area (TPSA) is 12.4 Å². The molecule has 1 aliphatic rings.